The number of aromatic nitrogens is 2. The quantitative estimate of drug-likeness (QED) is 0.900. The van der Waals surface area contributed by atoms with Gasteiger partial charge >= 0.3 is 0 Å². The maximum atomic E-state index is 5.59. The number of nitrogens with one attached hydrogen (secondary N) is 1. The Hall–Kier alpha value is -1.20. The number of rotatable bonds is 5. The monoisotopic (exact) mass is 263 g/mol. The number of hydrogen-bond donors (Lipinski definition) is 1. The van der Waals surface area contributed by atoms with Crippen molar-refractivity contribution in [2.24, 2.45) is 0 Å². The Morgan fingerprint density at radius 1 is 1.44 bits per heavy atom. The molecule has 4 nitrogen and oxygen atoms in total. The largest absolute Gasteiger partial charge is 0.465 e. The van der Waals surface area contributed by atoms with E-state index in [-0.39, 0.29) is 6.04 Å². The second-order valence-electron chi connectivity index (χ2n) is 4.86. The molecule has 0 aliphatic heterocycles. The van der Waals surface area contributed by atoms with Crippen molar-refractivity contribution in [3.05, 3.63) is 33.7 Å². The first kappa shape index (κ1) is 11.9. The van der Waals surface area contributed by atoms with Gasteiger partial charge in [0, 0.05) is 5.92 Å². The summed E-state index contributed by atoms with van der Waals surface area (Å²) in [6, 6.07) is 4.21. The van der Waals surface area contributed by atoms with E-state index in [1.54, 1.807) is 11.3 Å². The highest BCUT2D eigenvalue weighted by molar-refractivity contribution is 7.11. The molecule has 3 rings (SSSR count). The molecule has 1 fully saturated rings. The topological polar surface area (TPSA) is 51.0 Å². The van der Waals surface area contributed by atoms with Gasteiger partial charge in [-0.1, -0.05) is 11.3 Å². The first-order valence-corrected chi connectivity index (χ1v) is 7.16. The highest BCUT2D eigenvalue weighted by Gasteiger charge is 2.27. The van der Waals surface area contributed by atoms with Gasteiger partial charge in [-0.3, -0.25) is 0 Å². The Balaban J connectivity index is 1.56. The fourth-order valence-corrected chi connectivity index (χ4v) is 2.82. The predicted molar refractivity (Wildman–Crippen MR) is 70.6 cm³/mol. The number of hydrogen-bond acceptors (Lipinski definition) is 5. The maximum Gasteiger partial charge on any atom is 0.131 e. The van der Waals surface area contributed by atoms with Gasteiger partial charge in [-0.05, 0) is 38.8 Å². The van der Waals surface area contributed by atoms with Gasteiger partial charge < -0.3 is 9.73 Å². The Morgan fingerprint density at radius 2 is 2.28 bits per heavy atom. The molecule has 0 spiro atoms. The summed E-state index contributed by atoms with van der Waals surface area (Å²) in [4.78, 5) is 0. The van der Waals surface area contributed by atoms with Gasteiger partial charge in [0.05, 0.1) is 12.6 Å². The number of aryl methyl sites for hydroxylation is 1. The van der Waals surface area contributed by atoms with Crippen LogP contribution in [0.25, 0.3) is 0 Å². The maximum absolute atomic E-state index is 5.59. The van der Waals surface area contributed by atoms with Crippen molar-refractivity contribution >= 4 is 11.3 Å². The third-order valence-corrected chi connectivity index (χ3v) is 4.24. The Bertz CT molecular complexity index is 530. The van der Waals surface area contributed by atoms with E-state index in [0.717, 1.165) is 23.1 Å². The summed E-state index contributed by atoms with van der Waals surface area (Å²) in [6.45, 7) is 4.81. The van der Waals surface area contributed by atoms with Gasteiger partial charge in [-0.2, -0.15) is 0 Å². The molecule has 2 aromatic heterocycles. The smallest absolute Gasteiger partial charge is 0.131 e. The predicted octanol–water partition coefficient (Wildman–Crippen LogP) is 3.17. The van der Waals surface area contributed by atoms with Crippen LogP contribution < -0.4 is 5.32 Å². The van der Waals surface area contributed by atoms with Crippen LogP contribution in [0.5, 0.6) is 0 Å². The Labute approximate surface area is 110 Å². The van der Waals surface area contributed by atoms with Crippen LogP contribution in [0, 0.1) is 6.92 Å². The van der Waals surface area contributed by atoms with Crippen LogP contribution in [0.2, 0.25) is 0 Å². The molecule has 2 aromatic rings. The molecule has 0 amide bonds. The first-order valence-electron chi connectivity index (χ1n) is 6.34. The highest BCUT2D eigenvalue weighted by atomic mass is 32.1. The lowest BCUT2D eigenvalue weighted by Crippen LogP contribution is -2.17. The first-order chi connectivity index (χ1) is 8.72. The van der Waals surface area contributed by atoms with Crippen molar-refractivity contribution in [1.82, 2.24) is 15.5 Å². The van der Waals surface area contributed by atoms with Crippen molar-refractivity contribution in [3.63, 3.8) is 0 Å². The second kappa shape index (κ2) is 4.82. The summed E-state index contributed by atoms with van der Waals surface area (Å²) in [7, 11) is 0. The molecule has 1 aliphatic carbocycles. The fraction of sp³-hybridized carbons (Fsp3) is 0.538. The van der Waals surface area contributed by atoms with Crippen LogP contribution in [-0.2, 0) is 6.54 Å². The van der Waals surface area contributed by atoms with Crippen molar-refractivity contribution in [3.8, 4) is 0 Å². The van der Waals surface area contributed by atoms with Gasteiger partial charge in [0.25, 0.3) is 0 Å². The molecule has 1 saturated carbocycles. The lowest BCUT2D eigenvalue weighted by Gasteiger charge is -2.09. The van der Waals surface area contributed by atoms with Crippen molar-refractivity contribution in [1.29, 1.82) is 0 Å². The molecule has 1 aliphatic rings. The van der Waals surface area contributed by atoms with E-state index in [1.165, 1.54) is 17.8 Å². The Morgan fingerprint density at radius 3 is 2.94 bits per heavy atom. The summed E-state index contributed by atoms with van der Waals surface area (Å²) in [5, 5.41) is 14.1. The zero-order valence-corrected chi connectivity index (χ0v) is 11.5. The van der Waals surface area contributed by atoms with E-state index in [4.69, 9.17) is 4.42 Å². The van der Waals surface area contributed by atoms with Crippen molar-refractivity contribution in [2.75, 3.05) is 0 Å². The standard InChI is InChI=1S/C13H17N3OS/c1-8-3-6-11(17-8)9(2)14-7-12-15-16-13(18-12)10-4-5-10/h3,6,9-10,14H,4-5,7H2,1-2H3. The molecule has 1 N–H and O–H groups in total. The molecule has 0 aromatic carbocycles. The molecule has 1 atom stereocenters. The molecular weight excluding hydrogens is 246 g/mol. The van der Waals surface area contributed by atoms with Gasteiger partial charge in [0.2, 0.25) is 0 Å². The van der Waals surface area contributed by atoms with Crippen LogP contribution >= 0.6 is 11.3 Å². The number of nitrogens with zero attached hydrogens (tertiary/aromatic N) is 2. The lowest BCUT2D eigenvalue weighted by molar-refractivity contribution is 0.415. The van der Waals surface area contributed by atoms with E-state index in [1.807, 2.05) is 19.1 Å². The average Bonchev–Trinajstić information content (AvgIpc) is 2.95. The van der Waals surface area contributed by atoms with Gasteiger partial charge in [0.15, 0.2) is 0 Å². The second-order valence-corrected chi connectivity index (χ2v) is 5.95. The van der Waals surface area contributed by atoms with Crippen LogP contribution in [0.1, 0.15) is 53.3 Å². The molecular formula is C13H17N3OS. The molecule has 96 valence electrons. The van der Waals surface area contributed by atoms with Crippen molar-refractivity contribution in [2.45, 2.75) is 45.2 Å². The summed E-state index contributed by atoms with van der Waals surface area (Å²) < 4.78 is 5.59. The minimum absolute atomic E-state index is 0.201. The minimum atomic E-state index is 0.201. The summed E-state index contributed by atoms with van der Waals surface area (Å²) in [5.41, 5.74) is 0. The SMILES string of the molecule is Cc1ccc(C(C)NCc2nnc(C3CC3)s2)o1. The highest BCUT2D eigenvalue weighted by Crippen LogP contribution is 2.41. The third-order valence-electron chi connectivity index (χ3n) is 3.16. The van der Waals surface area contributed by atoms with E-state index in [0.29, 0.717) is 5.92 Å². The minimum Gasteiger partial charge on any atom is -0.465 e. The van der Waals surface area contributed by atoms with E-state index < -0.39 is 0 Å². The molecule has 1 unspecified atom stereocenters. The Kier molecular flexibility index (Phi) is 3.18. The van der Waals surface area contributed by atoms with Crippen LogP contribution in [-0.4, -0.2) is 10.2 Å². The molecule has 5 heteroatoms. The van der Waals surface area contributed by atoms with E-state index in [2.05, 4.69) is 22.4 Å². The van der Waals surface area contributed by atoms with Crippen LogP contribution in [0.3, 0.4) is 0 Å². The van der Waals surface area contributed by atoms with E-state index >= 15 is 0 Å². The van der Waals surface area contributed by atoms with Gasteiger partial charge in [-0.15, -0.1) is 10.2 Å². The lowest BCUT2D eigenvalue weighted by atomic mass is 10.2. The van der Waals surface area contributed by atoms with E-state index in [9.17, 15) is 0 Å². The zero-order valence-electron chi connectivity index (χ0n) is 10.6. The van der Waals surface area contributed by atoms with Gasteiger partial charge in [0.1, 0.15) is 21.5 Å². The molecule has 0 bridgehead atoms. The van der Waals surface area contributed by atoms with Gasteiger partial charge in [-0.25, -0.2) is 0 Å². The number of furan rings is 1. The van der Waals surface area contributed by atoms with Crippen molar-refractivity contribution < 1.29 is 4.42 Å². The molecule has 0 radical (unpaired) electrons. The molecule has 18 heavy (non-hydrogen) atoms. The van der Waals surface area contributed by atoms with Crippen LogP contribution in [0.4, 0.5) is 0 Å². The molecule has 0 saturated heterocycles. The molecule has 2 heterocycles. The zero-order chi connectivity index (χ0) is 12.5. The average molecular weight is 263 g/mol. The third kappa shape index (κ3) is 2.62. The fourth-order valence-electron chi connectivity index (χ4n) is 1.86. The summed E-state index contributed by atoms with van der Waals surface area (Å²) >= 11 is 1.73. The van der Waals surface area contributed by atoms with Crippen LogP contribution in [0.15, 0.2) is 16.5 Å². The summed E-state index contributed by atoms with van der Waals surface area (Å²) in [6.07, 6.45) is 2.56. The summed E-state index contributed by atoms with van der Waals surface area (Å²) in [5.74, 6) is 2.62. The normalized spacial score (nSPS) is 17.0.